The fraction of sp³-hybridized carbons (Fsp3) is 0.550. The summed E-state index contributed by atoms with van der Waals surface area (Å²) < 4.78 is 2.06. The Morgan fingerprint density at radius 3 is 2.46 bits per heavy atom. The molecule has 1 aliphatic rings. The summed E-state index contributed by atoms with van der Waals surface area (Å²) in [5, 5.41) is 3.56. The maximum absolute atomic E-state index is 4.17. The van der Waals surface area contributed by atoms with Crippen LogP contribution in [0.4, 0.5) is 0 Å². The van der Waals surface area contributed by atoms with Gasteiger partial charge in [-0.1, -0.05) is 38.1 Å². The first kappa shape index (κ1) is 17.2. The van der Waals surface area contributed by atoms with Crippen molar-refractivity contribution in [1.29, 1.82) is 0 Å². The van der Waals surface area contributed by atoms with Crippen LogP contribution >= 0.6 is 0 Å². The van der Waals surface area contributed by atoms with Crippen molar-refractivity contribution in [1.82, 2.24) is 19.8 Å². The van der Waals surface area contributed by atoms with E-state index in [4.69, 9.17) is 0 Å². The number of benzene rings is 1. The first-order valence-electron chi connectivity index (χ1n) is 9.07. The molecule has 0 saturated carbocycles. The topological polar surface area (TPSA) is 33.1 Å². The summed E-state index contributed by atoms with van der Waals surface area (Å²) in [5.74, 6) is 1.62. The van der Waals surface area contributed by atoms with E-state index in [0.717, 1.165) is 31.5 Å². The molecule has 2 unspecified atom stereocenters. The molecule has 0 spiro atoms. The Bertz CT molecular complexity index is 639. The summed E-state index contributed by atoms with van der Waals surface area (Å²) in [6.45, 7) is 10.0. The molecule has 2 aromatic rings. The summed E-state index contributed by atoms with van der Waals surface area (Å²) in [5.41, 5.74) is 4.08. The molecule has 24 heavy (non-hydrogen) atoms. The highest BCUT2D eigenvalue weighted by Gasteiger charge is 2.22. The third kappa shape index (κ3) is 4.46. The van der Waals surface area contributed by atoms with Crippen molar-refractivity contribution in [2.45, 2.75) is 39.9 Å². The van der Waals surface area contributed by atoms with E-state index in [1.807, 2.05) is 19.6 Å². The van der Waals surface area contributed by atoms with E-state index in [1.165, 1.54) is 36.3 Å². The largest absolute Gasteiger partial charge is 0.337 e. The summed E-state index contributed by atoms with van der Waals surface area (Å²) in [6, 6.07) is 8.84. The smallest absolute Gasteiger partial charge is 0.0945 e. The highest BCUT2D eigenvalue weighted by molar-refractivity contribution is 5.27. The SMILES string of the molecule is CC1CC(C)CN(Cc2ccccc2CNCc2cncn2C)C1. The number of nitrogens with zero attached hydrogens (tertiary/aromatic N) is 3. The van der Waals surface area contributed by atoms with Gasteiger partial charge in [-0.15, -0.1) is 0 Å². The Kier molecular flexibility index (Phi) is 5.69. The molecule has 4 heteroatoms. The maximum atomic E-state index is 4.17. The van der Waals surface area contributed by atoms with Crippen molar-refractivity contribution < 1.29 is 0 Å². The van der Waals surface area contributed by atoms with E-state index in [1.54, 1.807) is 0 Å². The van der Waals surface area contributed by atoms with E-state index in [-0.39, 0.29) is 0 Å². The Balaban J connectivity index is 1.59. The second-order valence-electron chi connectivity index (χ2n) is 7.51. The molecule has 0 radical (unpaired) electrons. The van der Waals surface area contributed by atoms with E-state index < -0.39 is 0 Å². The predicted octanol–water partition coefficient (Wildman–Crippen LogP) is 3.19. The van der Waals surface area contributed by atoms with Crippen LogP contribution in [0.3, 0.4) is 0 Å². The van der Waals surface area contributed by atoms with Crippen LogP contribution in [0.5, 0.6) is 0 Å². The molecule has 130 valence electrons. The number of hydrogen-bond acceptors (Lipinski definition) is 3. The third-order valence-corrected chi connectivity index (χ3v) is 4.99. The second kappa shape index (κ2) is 7.95. The van der Waals surface area contributed by atoms with E-state index >= 15 is 0 Å². The lowest BCUT2D eigenvalue weighted by Gasteiger charge is -2.35. The lowest BCUT2D eigenvalue weighted by atomic mass is 9.91. The number of hydrogen-bond donors (Lipinski definition) is 1. The molecule has 2 heterocycles. The number of imidazole rings is 1. The molecular formula is C20H30N4. The summed E-state index contributed by atoms with van der Waals surface area (Å²) >= 11 is 0. The Labute approximate surface area is 145 Å². The van der Waals surface area contributed by atoms with Gasteiger partial charge in [0, 0.05) is 46.0 Å². The molecule has 1 saturated heterocycles. The standard InChI is InChI=1S/C20H30N4/c1-16-8-17(2)13-24(12-16)14-19-7-5-4-6-18(19)9-21-10-20-11-22-15-23(20)3/h4-7,11,15-17,21H,8-10,12-14H2,1-3H3. The highest BCUT2D eigenvalue weighted by Crippen LogP contribution is 2.23. The zero-order valence-electron chi connectivity index (χ0n) is 15.2. The number of piperidine rings is 1. The molecule has 1 aromatic carbocycles. The summed E-state index contributed by atoms with van der Waals surface area (Å²) in [6.07, 6.45) is 5.14. The minimum Gasteiger partial charge on any atom is -0.337 e. The molecule has 0 bridgehead atoms. The number of rotatable bonds is 6. The molecule has 0 amide bonds. The van der Waals surface area contributed by atoms with E-state index in [9.17, 15) is 0 Å². The van der Waals surface area contributed by atoms with Crippen LogP contribution in [-0.4, -0.2) is 27.5 Å². The molecule has 1 fully saturated rings. The number of aromatic nitrogens is 2. The average Bonchev–Trinajstić information content (AvgIpc) is 2.93. The third-order valence-electron chi connectivity index (χ3n) is 4.99. The van der Waals surface area contributed by atoms with Gasteiger partial charge in [-0.2, -0.15) is 0 Å². The van der Waals surface area contributed by atoms with Crippen molar-refractivity contribution in [3.63, 3.8) is 0 Å². The lowest BCUT2D eigenvalue weighted by Crippen LogP contribution is -2.38. The number of nitrogens with one attached hydrogen (secondary N) is 1. The van der Waals surface area contributed by atoms with Crippen molar-refractivity contribution >= 4 is 0 Å². The molecule has 4 nitrogen and oxygen atoms in total. The second-order valence-corrected chi connectivity index (χ2v) is 7.51. The highest BCUT2D eigenvalue weighted by atomic mass is 15.1. The van der Waals surface area contributed by atoms with Crippen LogP contribution in [0.2, 0.25) is 0 Å². The van der Waals surface area contributed by atoms with Crippen molar-refractivity contribution in [3.05, 3.63) is 53.6 Å². The van der Waals surface area contributed by atoms with Gasteiger partial charge in [-0.25, -0.2) is 4.98 Å². The number of aryl methyl sites for hydroxylation is 1. The van der Waals surface area contributed by atoms with Gasteiger partial charge < -0.3 is 9.88 Å². The number of likely N-dealkylation sites (tertiary alicyclic amines) is 1. The first-order valence-corrected chi connectivity index (χ1v) is 9.07. The summed E-state index contributed by atoms with van der Waals surface area (Å²) in [4.78, 5) is 6.80. The molecule has 1 N–H and O–H groups in total. The quantitative estimate of drug-likeness (QED) is 0.885. The Hall–Kier alpha value is -1.65. The van der Waals surface area contributed by atoms with Gasteiger partial charge in [0.05, 0.1) is 12.0 Å². The predicted molar refractivity (Wildman–Crippen MR) is 98.4 cm³/mol. The fourth-order valence-corrected chi connectivity index (χ4v) is 3.93. The fourth-order valence-electron chi connectivity index (χ4n) is 3.93. The average molecular weight is 326 g/mol. The van der Waals surface area contributed by atoms with Gasteiger partial charge in [0.1, 0.15) is 0 Å². The van der Waals surface area contributed by atoms with Gasteiger partial charge in [0.25, 0.3) is 0 Å². The van der Waals surface area contributed by atoms with Crippen LogP contribution in [-0.2, 0) is 26.7 Å². The van der Waals surface area contributed by atoms with Crippen molar-refractivity contribution in [2.24, 2.45) is 18.9 Å². The molecule has 2 atom stereocenters. The first-order chi connectivity index (χ1) is 11.6. The van der Waals surface area contributed by atoms with Crippen LogP contribution in [0, 0.1) is 11.8 Å². The Morgan fingerprint density at radius 1 is 1.08 bits per heavy atom. The van der Waals surface area contributed by atoms with Crippen LogP contribution < -0.4 is 5.32 Å². The molecule has 0 aliphatic carbocycles. The zero-order chi connectivity index (χ0) is 16.9. The van der Waals surface area contributed by atoms with Crippen molar-refractivity contribution in [3.8, 4) is 0 Å². The molecule has 1 aliphatic heterocycles. The van der Waals surface area contributed by atoms with E-state index in [2.05, 4.69) is 57.9 Å². The van der Waals surface area contributed by atoms with Gasteiger partial charge in [0.15, 0.2) is 0 Å². The monoisotopic (exact) mass is 326 g/mol. The van der Waals surface area contributed by atoms with Gasteiger partial charge in [-0.05, 0) is 29.4 Å². The van der Waals surface area contributed by atoms with E-state index in [0.29, 0.717) is 0 Å². The summed E-state index contributed by atoms with van der Waals surface area (Å²) in [7, 11) is 2.04. The lowest BCUT2D eigenvalue weighted by molar-refractivity contribution is 0.134. The van der Waals surface area contributed by atoms with Gasteiger partial charge >= 0.3 is 0 Å². The maximum Gasteiger partial charge on any atom is 0.0945 e. The minimum atomic E-state index is 0.809. The molecule has 3 rings (SSSR count). The molecular weight excluding hydrogens is 296 g/mol. The van der Waals surface area contributed by atoms with Gasteiger partial charge in [-0.3, -0.25) is 4.90 Å². The minimum absolute atomic E-state index is 0.809. The van der Waals surface area contributed by atoms with Gasteiger partial charge in [0.2, 0.25) is 0 Å². The van der Waals surface area contributed by atoms with Crippen LogP contribution in [0.15, 0.2) is 36.8 Å². The van der Waals surface area contributed by atoms with Crippen LogP contribution in [0.25, 0.3) is 0 Å². The Morgan fingerprint density at radius 2 is 1.79 bits per heavy atom. The zero-order valence-corrected chi connectivity index (χ0v) is 15.2. The normalized spacial score (nSPS) is 22.0. The molecule has 1 aromatic heterocycles. The van der Waals surface area contributed by atoms with Crippen LogP contribution in [0.1, 0.15) is 37.1 Å². The van der Waals surface area contributed by atoms with Crippen molar-refractivity contribution in [2.75, 3.05) is 13.1 Å².